The molecule has 1 aromatic carbocycles. The van der Waals surface area contributed by atoms with E-state index in [4.69, 9.17) is 0 Å². The van der Waals surface area contributed by atoms with Crippen molar-refractivity contribution in [3.05, 3.63) is 59.4 Å². The molecule has 0 atom stereocenters. The lowest BCUT2D eigenvalue weighted by Crippen LogP contribution is -2.03. The van der Waals surface area contributed by atoms with Crippen molar-refractivity contribution >= 4 is 17.2 Å². The number of pyridine rings is 1. The number of Topliss-reactive ketones (excluding diaryl/α,β-unsaturated/α-hetero) is 1. The normalized spacial score (nSPS) is 11.4. The van der Waals surface area contributed by atoms with E-state index in [2.05, 4.69) is 29.0 Å². The zero-order valence-corrected chi connectivity index (χ0v) is 12.1. The van der Waals surface area contributed by atoms with Crippen LogP contribution in [0.15, 0.2) is 47.5 Å². The number of carbonyl (C=O) groups is 1. The molecule has 1 aromatic heterocycles. The van der Waals surface area contributed by atoms with Gasteiger partial charge in [0.2, 0.25) is 0 Å². The second-order valence-corrected chi connectivity index (χ2v) is 4.68. The summed E-state index contributed by atoms with van der Waals surface area (Å²) in [5.41, 5.74) is 4.20. The Bertz CT molecular complexity index is 642. The lowest BCUT2D eigenvalue weighted by atomic mass is 10.1. The van der Waals surface area contributed by atoms with Crippen LogP contribution >= 0.6 is 0 Å². The van der Waals surface area contributed by atoms with Crippen LogP contribution < -0.4 is 0 Å². The zero-order chi connectivity index (χ0) is 14.5. The van der Waals surface area contributed by atoms with Gasteiger partial charge in [0.1, 0.15) is 5.69 Å². The number of aromatic nitrogens is 1. The Morgan fingerprint density at radius 2 is 1.70 bits per heavy atom. The maximum atomic E-state index is 11.3. The van der Waals surface area contributed by atoms with E-state index in [1.165, 1.54) is 12.5 Å². The van der Waals surface area contributed by atoms with E-state index in [0.717, 1.165) is 23.5 Å². The molecule has 102 valence electrons. The Morgan fingerprint density at radius 1 is 1.05 bits per heavy atom. The molecule has 0 amide bonds. The second kappa shape index (κ2) is 6.24. The number of aryl methyl sites for hydroxylation is 1. The third-order valence-electron chi connectivity index (χ3n) is 3.12. The van der Waals surface area contributed by atoms with Gasteiger partial charge in [0.15, 0.2) is 5.78 Å². The number of rotatable bonds is 4. The van der Waals surface area contributed by atoms with Crippen LogP contribution in [0.5, 0.6) is 0 Å². The number of ketones is 1. The van der Waals surface area contributed by atoms with Crippen molar-refractivity contribution in [3.8, 4) is 0 Å². The van der Waals surface area contributed by atoms with Crippen molar-refractivity contribution in [2.24, 2.45) is 4.99 Å². The lowest BCUT2D eigenvalue weighted by Gasteiger charge is -2.03. The van der Waals surface area contributed by atoms with Crippen LogP contribution in [0.2, 0.25) is 0 Å². The largest absolute Gasteiger partial charge is 0.293 e. The van der Waals surface area contributed by atoms with Crippen LogP contribution in [0.1, 0.15) is 42.5 Å². The van der Waals surface area contributed by atoms with Crippen LogP contribution in [0.25, 0.3) is 0 Å². The number of carbonyl (C=O) groups excluding carboxylic acids is 1. The van der Waals surface area contributed by atoms with Crippen LogP contribution in [0.3, 0.4) is 0 Å². The minimum absolute atomic E-state index is 0.0352. The topological polar surface area (TPSA) is 42.3 Å². The number of hydrogen-bond acceptors (Lipinski definition) is 3. The summed E-state index contributed by atoms with van der Waals surface area (Å²) in [4.78, 5) is 20.2. The average molecular weight is 266 g/mol. The van der Waals surface area contributed by atoms with E-state index in [0.29, 0.717) is 5.69 Å². The van der Waals surface area contributed by atoms with E-state index in [-0.39, 0.29) is 5.78 Å². The van der Waals surface area contributed by atoms with Crippen LogP contribution in [-0.4, -0.2) is 16.5 Å². The van der Waals surface area contributed by atoms with Gasteiger partial charge in [-0.3, -0.25) is 9.79 Å². The van der Waals surface area contributed by atoms with Gasteiger partial charge in [0, 0.05) is 6.92 Å². The molecule has 0 fully saturated rings. The van der Waals surface area contributed by atoms with Gasteiger partial charge in [0.05, 0.1) is 17.1 Å². The molecule has 20 heavy (non-hydrogen) atoms. The monoisotopic (exact) mass is 266 g/mol. The van der Waals surface area contributed by atoms with Crippen LogP contribution in [0.4, 0.5) is 5.69 Å². The van der Waals surface area contributed by atoms with Gasteiger partial charge in [-0.1, -0.05) is 25.1 Å². The Balaban J connectivity index is 2.29. The summed E-state index contributed by atoms with van der Waals surface area (Å²) >= 11 is 0. The Morgan fingerprint density at radius 3 is 2.30 bits per heavy atom. The first-order chi connectivity index (χ1) is 9.60. The highest BCUT2D eigenvalue weighted by molar-refractivity contribution is 6.00. The molecule has 1 heterocycles. The lowest BCUT2D eigenvalue weighted by molar-refractivity contribution is 0.101. The van der Waals surface area contributed by atoms with Crippen molar-refractivity contribution in [1.29, 1.82) is 0 Å². The summed E-state index contributed by atoms with van der Waals surface area (Å²) in [5.74, 6) is -0.0352. The summed E-state index contributed by atoms with van der Waals surface area (Å²) in [6.45, 7) is 5.54. The number of hydrogen-bond donors (Lipinski definition) is 0. The highest BCUT2D eigenvalue weighted by Gasteiger charge is 2.04. The molecular formula is C17H18N2O. The molecule has 0 saturated carbocycles. The highest BCUT2D eigenvalue weighted by Crippen LogP contribution is 2.15. The third-order valence-corrected chi connectivity index (χ3v) is 3.12. The maximum absolute atomic E-state index is 11.3. The van der Waals surface area contributed by atoms with Crippen molar-refractivity contribution < 1.29 is 4.79 Å². The van der Waals surface area contributed by atoms with E-state index in [9.17, 15) is 4.79 Å². The molecule has 0 spiro atoms. The van der Waals surface area contributed by atoms with Gasteiger partial charge in [-0.25, -0.2) is 4.98 Å². The predicted molar refractivity (Wildman–Crippen MR) is 81.9 cm³/mol. The first-order valence-corrected chi connectivity index (χ1v) is 6.72. The molecular weight excluding hydrogens is 248 g/mol. The van der Waals surface area contributed by atoms with E-state index in [1.807, 2.05) is 31.2 Å². The van der Waals surface area contributed by atoms with Gasteiger partial charge >= 0.3 is 0 Å². The first-order valence-electron chi connectivity index (χ1n) is 6.72. The molecule has 3 nitrogen and oxygen atoms in total. The smallest absolute Gasteiger partial charge is 0.178 e. The number of nitrogens with zero attached hydrogens (tertiary/aromatic N) is 2. The minimum atomic E-state index is -0.0352. The summed E-state index contributed by atoms with van der Waals surface area (Å²) in [6, 6.07) is 13.6. The fourth-order valence-corrected chi connectivity index (χ4v) is 1.89. The van der Waals surface area contributed by atoms with Crippen LogP contribution in [-0.2, 0) is 6.42 Å². The van der Waals surface area contributed by atoms with E-state index < -0.39 is 0 Å². The molecule has 0 N–H and O–H groups in total. The Kier molecular flexibility index (Phi) is 4.41. The molecule has 2 aromatic rings. The highest BCUT2D eigenvalue weighted by atomic mass is 16.1. The Labute approximate surface area is 119 Å². The molecule has 0 aliphatic rings. The summed E-state index contributed by atoms with van der Waals surface area (Å²) in [6.07, 6.45) is 1.02. The standard InChI is InChI=1S/C17H18N2O/c1-4-14-8-10-15(11-9-14)18-12(2)16-6-5-7-17(19-16)13(3)20/h5-11H,4H2,1-3H3/b18-12+. The maximum Gasteiger partial charge on any atom is 0.178 e. The fourth-order valence-electron chi connectivity index (χ4n) is 1.89. The SMILES string of the molecule is CCc1ccc(/N=C(\C)c2cccc(C(C)=O)n2)cc1. The molecule has 3 heteroatoms. The van der Waals surface area contributed by atoms with Crippen molar-refractivity contribution in [3.63, 3.8) is 0 Å². The third kappa shape index (κ3) is 3.38. The average Bonchev–Trinajstić information content (AvgIpc) is 2.48. The molecule has 0 bridgehead atoms. The number of benzene rings is 1. The van der Waals surface area contributed by atoms with Crippen molar-refractivity contribution in [1.82, 2.24) is 4.98 Å². The van der Waals surface area contributed by atoms with Gasteiger partial charge < -0.3 is 0 Å². The molecule has 0 saturated heterocycles. The van der Waals surface area contributed by atoms with Gasteiger partial charge in [-0.15, -0.1) is 0 Å². The number of aliphatic imine (C=N–C) groups is 1. The zero-order valence-electron chi connectivity index (χ0n) is 12.1. The summed E-state index contributed by atoms with van der Waals surface area (Å²) in [7, 11) is 0. The molecule has 0 radical (unpaired) electrons. The Hall–Kier alpha value is -2.29. The molecule has 0 unspecified atom stereocenters. The van der Waals surface area contributed by atoms with Gasteiger partial charge in [-0.05, 0) is 43.2 Å². The van der Waals surface area contributed by atoms with Crippen molar-refractivity contribution in [2.75, 3.05) is 0 Å². The predicted octanol–water partition coefficient (Wildman–Crippen LogP) is 3.99. The first kappa shape index (κ1) is 14.1. The van der Waals surface area contributed by atoms with Gasteiger partial charge in [-0.2, -0.15) is 0 Å². The van der Waals surface area contributed by atoms with Crippen molar-refractivity contribution in [2.45, 2.75) is 27.2 Å². The van der Waals surface area contributed by atoms with Crippen LogP contribution in [0, 0.1) is 0 Å². The summed E-state index contributed by atoms with van der Waals surface area (Å²) < 4.78 is 0. The second-order valence-electron chi connectivity index (χ2n) is 4.68. The molecule has 0 aliphatic heterocycles. The fraction of sp³-hybridized carbons (Fsp3) is 0.235. The minimum Gasteiger partial charge on any atom is -0.293 e. The summed E-state index contributed by atoms with van der Waals surface area (Å²) in [5, 5.41) is 0. The van der Waals surface area contributed by atoms with E-state index >= 15 is 0 Å². The van der Waals surface area contributed by atoms with E-state index in [1.54, 1.807) is 6.07 Å². The quantitative estimate of drug-likeness (QED) is 0.620. The van der Waals surface area contributed by atoms with Gasteiger partial charge in [0.25, 0.3) is 0 Å². The molecule has 2 rings (SSSR count). The molecule has 0 aliphatic carbocycles.